The molecule has 2 aromatic rings. The maximum Gasteiger partial charge on any atom is 0.261 e. The molecule has 20 heavy (non-hydrogen) atoms. The van der Waals surface area contributed by atoms with Crippen molar-refractivity contribution in [1.29, 1.82) is 0 Å². The van der Waals surface area contributed by atoms with Crippen molar-refractivity contribution < 1.29 is 13.9 Å². The van der Waals surface area contributed by atoms with Gasteiger partial charge in [0, 0.05) is 6.07 Å². The van der Waals surface area contributed by atoms with Crippen LogP contribution in [0.25, 0.3) is 0 Å². The summed E-state index contributed by atoms with van der Waals surface area (Å²) in [5.74, 6) is -0.116. The van der Waals surface area contributed by atoms with Crippen LogP contribution in [0, 0.1) is 5.82 Å². The van der Waals surface area contributed by atoms with Gasteiger partial charge in [0.25, 0.3) is 5.91 Å². The molecule has 1 heterocycles. The van der Waals surface area contributed by atoms with Crippen molar-refractivity contribution in [3.8, 4) is 5.75 Å². The van der Waals surface area contributed by atoms with Crippen LogP contribution < -0.4 is 10.1 Å². The van der Waals surface area contributed by atoms with Crippen LogP contribution in [0.1, 0.15) is 16.6 Å². The van der Waals surface area contributed by atoms with E-state index in [1.807, 2.05) is 6.92 Å². The number of benzene rings is 1. The lowest BCUT2D eigenvalue weighted by Gasteiger charge is -2.14. The number of ether oxygens (including phenoxy) is 1. The molecule has 1 N–H and O–H groups in total. The lowest BCUT2D eigenvalue weighted by atomic mass is 10.3. The molecule has 106 valence electrons. The summed E-state index contributed by atoms with van der Waals surface area (Å²) >= 11 is 6.99. The number of carbonyl (C=O) groups is 1. The predicted molar refractivity (Wildman–Crippen MR) is 78.2 cm³/mol. The molecule has 6 heteroatoms. The molecule has 0 aliphatic carbocycles. The fraction of sp³-hybridized carbons (Fsp3) is 0.214. The first-order chi connectivity index (χ1) is 9.54. The van der Waals surface area contributed by atoms with Crippen LogP contribution in [0.3, 0.4) is 0 Å². The van der Waals surface area contributed by atoms with Gasteiger partial charge in [0.05, 0.1) is 15.3 Å². The van der Waals surface area contributed by atoms with E-state index in [2.05, 4.69) is 5.32 Å². The number of hydrogen-bond donors (Lipinski definition) is 1. The average Bonchev–Trinajstić information content (AvgIpc) is 2.83. The SMILES string of the molecule is C[C@H](COc1cccc(F)c1)NC(=O)c1ccc(Cl)s1. The Balaban J connectivity index is 1.83. The zero-order valence-corrected chi connectivity index (χ0v) is 12.3. The molecule has 0 fully saturated rings. The van der Waals surface area contributed by atoms with E-state index in [4.69, 9.17) is 16.3 Å². The largest absolute Gasteiger partial charge is 0.491 e. The Morgan fingerprint density at radius 2 is 2.25 bits per heavy atom. The summed E-state index contributed by atoms with van der Waals surface area (Å²) in [6.45, 7) is 2.07. The number of carbonyl (C=O) groups excluding carboxylic acids is 1. The number of hydrogen-bond acceptors (Lipinski definition) is 3. The standard InChI is InChI=1S/C14H13ClFNO2S/c1-9(8-19-11-4-2-3-10(16)7-11)17-14(18)12-5-6-13(15)20-12/h2-7,9H,8H2,1H3,(H,17,18)/t9-/m1/s1. The van der Waals surface area contributed by atoms with Crippen LogP contribution in [0.4, 0.5) is 4.39 Å². The van der Waals surface area contributed by atoms with Crippen LogP contribution >= 0.6 is 22.9 Å². The highest BCUT2D eigenvalue weighted by Gasteiger charge is 2.12. The predicted octanol–water partition coefficient (Wildman–Crippen LogP) is 3.74. The highest BCUT2D eigenvalue weighted by atomic mass is 35.5. The molecule has 0 radical (unpaired) electrons. The first kappa shape index (κ1) is 14.8. The second kappa shape index (κ2) is 6.72. The molecular weight excluding hydrogens is 301 g/mol. The molecule has 0 aliphatic rings. The van der Waals surface area contributed by atoms with Crippen molar-refractivity contribution in [3.05, 3.63) is 51.4 Å². The quantitative estimate of drug-likeness (QED) is 0.913. The van der Waals surface area contributed by atoms with Gasteiger partial charge in [-0.05, 0) is 31.2 Å². The smallest absolute Gasteiger partial charge is 0.261 e. The zero-order valence-electron chi connectivity index (χ0n) is 10.7. The molecule has 2 rings (SSSR count). The first-order valence-corrected chi connectivity index (χ1v) is 7.18. The second-order valence-corrected chi connectivity index (χ2v) is 5.96. The molecule has 0 bridgehead atoms. The van der Waals surface area contributed by atoms with Gasteiger partial charge < -0.3 is 10.1 Å². The monoisotopic (exact) mass is 313 g/mol. The van der Waals surface area contributed by atoms with Crippen molar-refractivity contribution in [2.24, 2.45) is 0 Å². The summed E-state index contributed by atoms with van der Waals surface area (Å²) in [6, 6.07) is 9.02. The Hall–Kier alpha value is -1.59. The van der Waals surface area contributed by atoms with Crippen LogP contribution in [-0.4, -0.2) is 18.6 Å². The van der Waals surface area contributed by atoms with Crippen molar-refractivity contribution in [1.82, 2.24) is 5.32 Å². The van der Waals surface area contributed by atoms with Gasteiger partial charge in [0.2, 0.25) is 0 Å². The van der Waals surface area contributed by atoms with E-state index in [1.54, 1.807) is 24.3 Å². The molecule has 0 aliphatic heterocycles. The highest BCUT2D eigenvalue weighted by molar-refractivity contribution is 7.17. The van der Waals surface area contributed by atoms with E-state index < -0.39 is 0 Å². The van der Waals surface area contributed by atoms with E-state index in [1.165, 1.54) is 23.5 Å². The molecule has 0 saturated carbocycles. The van der Waals surface area contributed by atoms with Gasteiger partial charge in [0.1, 0.15) is 18.2 Å². The number of rotatable bonds is 5. The number of halogens is 2. The summed E-state index contributed by atoms with van der Waals surface area (Å²) in [4.78, 5) is 12.4. The lowest BCUT2D eigenvalue weighted by molar-refractivity contribution is 0.0930. The molecule has 1 aromatic heterocycles. The van der Waals surface area contributed by atoms with E-state index in [9.17, 15) is 9.18 Å². The second-order valence-electron chi connectivity index (χ2n) is 4.25. The van der Waals surface area contributed by atoms with Gasteiger partial charge in [-0.3, -0.25) is 4.79 Å². The molecular formula is C14H13ClFNO2S. The van der Waals surface area contributed by atoms with Gasteiger partial charge in [-0.2, -0.15) is 0 Å². The Kier molecular flexibility index (Phi) is 4.98. The molecule has 0 saturated heterocycles. The zero-order chi connectivity index (χ0) is 14.5. The lowest BCUT2D eigenvalue weighted by Crippen LogP contribution is -2.36. The van der Waals surface area contributed by atoms with Crippen LogP contribution in [-0.2, 0) is 0 Å². The Morgan fingerprint density at radius 1 is 1.45 bits per heavy atom. The summed E-state index contributed by atoms with van der Waals surface area (Å²) in [7, 11) is 0. The molecule has 1 atom stereocenters. The third-order valence-corrected chi connectivity index (χ3v) is 3.70. The van der Waals surface area contributed by atoms with E-state index in [0.29, 0.717) is 15.0 Å². The van der Waals surface area contributed by atoms with Crippen LogP contribution in [0.2, 0.25) is 4.34 Å². The van der Waals surface area contributed by atoms with Crippen LogP contribution in [0.5, 0.6) is 5.75 Å². The summed E-state index contributed by atoms with van der Waals surface area (Å²) in [6.07, 6.45) is 0. The van der Waals surface area contributed by atoms with Gasteiger partial charge in [-0.1, -0.05) is 17.7 Å². The van der Waals surface area contributed by atoms with Crippen molar-refractivity contribution in [2.75, 3.05) is 6.61 Å². The minimum absolute atomic E-state index is 0.197. The van der Waals surface area contributed by atoms with Gasteiger partial charge in [-0.25, -0.2) is 4.39 Å². The summed E-state index contributed by atoms with van der Waals surface area (Å²) < 4.78 is 18.9. The van der Waals surface area contributed by atoms with E-state index in [-0.39, 0.29) is 24.4 Å². The Bertz CT molecular complexity index is 602. The van der Waals surface area contributed by atoms with Crippen molar-refractivity contribution >= 4 is 28.8 Å². The maximum absolute atomic E-state index is 13.0. The molecule has 3 nitrogen and oxygen atoms in total. The molecule has 0 unspecified atom stereocenters. The fourth-order valence-electron chi connectivity index (χ4n) is 1.55. The number of nitrogens with one attached hydrogen (secondary N) is 1. The minimum Gasteiger partial charge on any atom is -0.491 e. The third kappa shape index (κ3) is 4.21. The van der Waals surface area contributed by atoms with Crippen LogP contribution in [0.15, 0.2) is 36.4 Å². The third-order valence-electron chi connectivity index (χ3n) is 2.47. The number of thiophene rings is 1. The fourth-order valence-corrected chi connectivity index (χ4v) is 2.50. The van der Waals surface area contributed by atoms with Crippen molar-refractivity contribution in [3.63, 3.8) is 0 Å². The number of amides is 1. The molecule has 1 amide bonds. The normalized spacial score (nSPS) is 11.9. The summed E-state index contributed by atoms with van der Waals surface area (Å²) in [5.41, 5.74) is 0. The van der Waals surface area contributed by atoms with E-state index >= 15 is 0 Å². The van der Waals surface area contributed by atoms with Gasteiger partial charge in [0.15, 0.2) is 0 Å². The Morgan fingerprint density at radius 3 is 2.90 bits per heavy atom. The molecule has 0 spiro atoms. The average molecular weight is 314 g/mol. The summed E-state index contributed by atoms with van der Waals surface area (Å²) in [5, 5.41) is 2.79. The maximum atomic E-state index is 13.0. The first-order valence-electron chi connectivity index (χ1n) is 5.99. The molecule has 1 aromatic carbocycles. The van der Waals surface area contributed by atoms with E-state index in [0.717, 1.165) is 0 Å². The van der Waals surface area contributed by atoms with Gasteiger partial charge in [-0.15, -0.1) is 11.3 Å². The topological polar surface area (TPSA) is 38.3 Å². The van der Waals surface area contributed by atoms with Crippen molar-refractivity contribution in [2.45, 2.75) is 13.0 Å². The highest BCUT2D eigenvalue weighted by Crippen LogP contribution is 2.21. The minimum atomic E-state index is -0.354. The Labute approximate surface area is 125 Å². The van der Waals surface area contributed by atoms with Gasteiger partial charge >= 0.3 is 0 Å².